The first-order chi connectivity index (χ1) is 14.7. The van der Waals surface area contributed by atoms with Crippen LogP contribution in [0, 0.1) is 0 Å². The Kier molecular flexibility index (Phi) is 11.4. The summed E-state index contributed by atoms with van der Waals surface area (Å²) in [4.78, 5) is 19.1. The lowest BCUT2D eigenvalue weighted by Gasteiger charge is -2.30. The number of aliphatic imine (C=N–C) groups is 1. The fourth-order valence-corrected chi connectivity index (χ4v) is 4.53. The number of hydrogen-bond donors (Lipinski definition) is 3. The summed E-state index contributed by atoms with van der Waals surface area (Å²) in [5.74, 6) is 1.59. The Morgan fingerprint density at radius 2 is 1.84 bits per heavy atom. The molecule has 1 amide bonds. The van der Waals surface area contributed by atoms with Crippen molar-refractivity contribution in [3.8, 4) is 5.75 Å². The van der Waals surface area contributed by atoms with Gasteiger partial charge in [0.05, 0.1) is 19.7 Å². The van der Waals surface area contributed by atoms with Gasteiger partial charge < -0.3 is 20.7 Å². The SMILES string of the molecule is CN=C(NCC(=O)NC1CCCCC1)NCC(c1ccccc1OC)N1CCCC1.I. The van der Waals surface area contributed by atoms with Crippen molar-refractivity contribution in [2.45, 2.75) is 57.0 Å². The van der Waals surface area contributed by atoms with Crippen molar-refractivity contribution < 1.29 is 9.53 Å². The van der Waals surface area contributed by atoms with Crippen molar-refractivity contribution in [1.82, 2.24) is 20.9 Å². The van der Waals surface area contributed by atoms with Gasteiger partial charge >= 0.3 is 0 Å². The maximum absolute atomic E-state index is 12.3. The summed E-state index contributed by atoms with van der Waals surface area (Å²) < 4.78 is 5.62. The molecule has 174 valence electrons. The molecule has 1 saturated heterocycles. The van der Waals surface area contributed by atoms with Crippen LogP contribution in [0.5, 0.6) is 5.75 Å². The van der Waals surface area contributed by atoms with Crippen molar-refractivity contribution in [1.29, 1.82) is 0 Å². The number of para-hydroxylation sites is 1. The molecule has 0 aromatic heterocycles. The monoisotopic (exact) mass is 543 g/mol. The summed E-state index contributed by atoms with van der Waals surface area (Å²) in [7, 11) is 3.46. The first-order valence-corrected chi connectivity index (χ1v) is 11.3. The Bertz CT molecular complexity index is 703. The fraction of sp³-hybridized carbons (Fsp3) is 0.652. The van der Waals surface area contributed by atoms with Gasteiger partial charge in [0.15, 0.2) is 5.96 Å². The molecule has 1 aliphatic heterocycles. The first kappa shape index (κ1) is 25.7. The number of methoxy groups -OCH3 is 1. The van der Waals surface area contributed by atoms with E-state index in [0.717, 1.165) is 31.7 Å². The average molecular weight is 543 g/mol. The summed E-state index contributed by atoms with van der Waals surface area (Å²) in [5, 5.41) is 9.72. The number of halogens is 1. The van der Waals surface area contributed by atoms with Crippen LogP contribution >= 0.6 is 24.0 Å². The summed E-state index contributed by atoms with van der Waals surface area (Å²) in [6.07, 6.45) is 8.33. The third kappa shape index (κ3) is 7.82. The van der Waals surface area contributed by atoms with Gasteiger partial charge in [-0.05, 0) is 44.8 Å². The molecule has 8 heteroatoms. The van der Waals surface area contributed by atoms with E-state index in [1.807, 2.05) is 12.1 Å². The van der Waals surface area contributed by atoms with Crippen molar-refractivity contribution in [2.24, 2.45) is 4.99 Å². The number of rotatable bonds is 8. The van der Waals surface area contributed by atoms with E-state index in [2.05, 4.69) is 38.0 Å². The molecular formula is C23H38IN5O2. The number of amides is 1. The first-order valence-electron chi connectivity index (χ1n) is 11.3. The number of carbonyl (C=O) groups excluding carboxylic acids is 1. The molecule has 3 rings (SSSR count). The Hall–Kier alpha value is -1.55. The highest BCUT2D eigenvalue weighted by atomic mass is 127. The Labute approximate surface area is 203 Å². The number of likely N-dealkylation sites (tertiary alicyclic amines) is 1. The van der Waals surface area contributed by atoms with Gasteiger partial charge in [0.2, 0.25) is 5.91 Å². The number of benzene rings is 1. The molecule has 2 fully saturated rings. The maximum Gasteiger partial charge on any atom is 0.239 e. The van der Waals surface area contributed by atoms with Crippen molar-refractivity contribution >= 4 is 35.8 Å². The maximum atomic E-state index is 12.3. The van der Waals surface area contributed by atoms with Crippen LogP contribution in [0.3, 0.4) is 0 Å². The van der Waals surface area contributed by atoms with Gasteiger partial charge in [-0.2, -0.15) is 0 Å². The van der Waals surface area contributed by atoms with Crippen LogP contribution in [0.1, 0.15) is 56.6 Å². The van der Waals surface area contributed by atoms with E-state index in [1.165, 1.54) is 37.7 Å². The molecule has 0 radical (unpaired) electrons. The fourth-order valence-electron chi connectivity index (χ4n) is 4.53. The standard InChI is InChI=1S/C23H37N5O2.HI/c1-24-23(26-17-22(29)27-18-10-4-3-5-11-18)25-16-20(28-14-8-9-15-28)19-12-6-7-13-21(19)30-2;/h6-7,12-13,18,20H,3-5,8-11,14-17H2,1-2H3,(H,27,29)(H2,24,25,26);1H. The smallest absolute Gasteiger partial charge is 0.239 e. The second-order valence-corrected chi connectivity index (χ2v) is 8.21. The van der Waals surface area contributed by atoms with Gasteiger partial charge in [0, 0.05) is 25.2 Å². The molecule has 3 N–H and O–H groups in total. The number of hydrogen-bond acceptors (Lipinski definition) is 4. The van der Waals surface area contributed by atoms with Crippen LogP contribution in [0.2, 0.25) is 0 Å². The zero-order valence-corrected chi connectivity index (χ0v) is 21.2. The topological polar surface area (TPSA) is 78.0 Å². The molecule has 1 saturated carbocycles. The highest BCUT2D eigenvalue weighted by Gasteiger charge is 2.26. The Morgan fingerprint density at radius 3 is 2.52 bits per heavy atom. The van der Waals surface area contributed by atoms with Crippen molar-refractivity contribution in [3.05, 3.63) is 29.8 Å². The quantitative estimate of drug-likeness (QED) is 0.267. The molecule has 1 unspecified atom stereocenters. The highest BCUT2D eigenvalue weighted by molar-refractivity contribution is 14.0. The largest absolute Gasteiger partial charge is 0.496 e. The predicted molar refractivity (Wildman–Crippen MR) is 136 cm³/mol. The molecule has 1 atom stereocenters. The van der Waals surface area contributed by atoms with E-state index in [1.54, 1.807) is 14.2 Å². The Balaban J connectivity index is 0.00000341. The van der Waals surface area contributed by atoms with Crippen LogP contribution in [0.4, 0.5) is 0 Å². The molecule has 0 spiro atoms. The minimum atomic E-state index is 0. The van der Waals surface area contributed by atoms with Crippen LogP contribution in [0.15, 0.2) is 29.3 Å². The molecule has 1 aliphatic carbocycles. The molecule has 0 bridgehead atoms. The second kappa shape index (κ2) is 13.8. The van der Waals surface area contributed by atoms with Gasteiger partial charge in [-0.25, -0.2) is 0 Å². The number of carbonyl (C=O) groups is 1. The molecule has 1 heterocycles. The van der Waals surface area contributed by atoms with Crippen LogP contribution < -0.4 is 20.7 Å². The summed E-state index contributed by atoms with van der Waals surface area (Å²) in [6, 6.07) is 8.73. The van der Waals surface area contributed by atoms with Crippen LogP contribution in [0.25, 0.3) is 0 Å². The summed E-state index contributed by atoms with van der Waals surface area (Å²) in [6.45, 7) is 3.10. The van der Waals surface area contributed by atoms with Crippen molar-refractivity contribution in [2.75, 3.05) is 40.3 Å². The molecule has 2 aliphatic rings. The van der Waals surface area contributed by atoms with E-state index >= 15 is 0 Å². The number of nitrogens with one attached hydrogen (secondary N) is 3. The minimum Gasteiger partial charge on any atom is -0.496 e. The number of nitrogens with zero attached hydrogens (tertiary/aromatic N) is 2. The number of guanidine groups is 1. The number of ether oxygens (including phenoxy) is 1. The van der Waals surface area contributed by atoms with Gasteiger partial charge in [-0.1, -0.05) is 37.5 Å². The third-order valence-electron chi connectivity index (χ3n) is 6.15. The zero-order chi connectivity index (χ0) is 21.2. The molecule has 31 heavy (non-hydrogen) atoms. The Morgan fingerprint density at radius 1 is 1.13 bits per heavy atom. The lowest BCUT2D eigenvalue weighted by molar-refractivity contribution is -0.120. The van der Waals surface area contributed by atoms with E-state index < -0.39 is 0 Å². The average Bonchev–Trinajstić information content (AvgIpc) is 3.31. The molecular weight excluding hydrogens is 505 g/mol. The molecule has 1 aromatic rings. The van der Waals surface area contributed by atoms with Gasteiger partial charge in [-0.3, -0.25) is 14.7 Å². The third-order valence-corrected chi connectivity index (χ3v) is 6.15. The van der Waals surface area contributed by atoms with Crippen LogP contribution in [-0.4, -0.2) is 63.1 Å². The van der Waals surface area contributed by atoms with Crippen molar-refractivity contribution in [3.63, 3.8) is 0 Å². The predicted octanol–water partition coefficient (Wildman–Crippen LogP) is 3.06. The van der Waals surface area contributed by atoms with Gasteiger partial charge in [0.25, 0.3) is 0 Å². The van der Waals surface area contributed by atoms with E-state index in [0.29, 0.717) is 18.5 Å². The molecule has 1 aromatic carbocycles. The summed E-state index contributed by atoms with van der Waals surface area (Å²) in [5.41, 5.74) is 1.18. The minimum absolute atomic E-state index is 0. The lowest BCUT2D eigenvalue weighted by Crippen LogP contribution is -2.47. The second-order valence-electron chi connectivity index (χ2n) is 8.21. The zero-order valence-electron chi connectivity index (χ0n) is 18.9. The lowest BCUT2D eigenvalue weighted by atomic mass is 9.95. The van der Waals surface area contributed by atoms with E-state index in [9.17, 15) is 4.79 Å². The molecule has 7 nitrogen and oxygen atoms in total. The normalized spacial score (nSPS) is 18.7. The van der Waals surface area contributed by atoms with E-state index in [4.69, 9.17) is 4.74 Å². The highest BCUT2D eigenvalue weighted by Crippen LogP contribution is 2.31. The van der Waals surface area contributed by atoms with Gasteiger partial charge in [0.1, 0.15) is 5.75 Å². The van der Waals surface area contributed by atoms with Gasteiger partial charge in [-0.15, -0.1) is 24.0 Å². The summed E-state index contributed by atoms with van der Waals surface area (Å²) >= 11 is 0. The van der Waals surface area contributed by atoms with E-state index in [-0.39, 0.29) is 42.5 Å². The van der Waals surface area contributed by atoms with Crippen LogP contribution in [-0.2, 0) is 4.79 Å².